The molecule has 2 aliphatic heterocycles. The lowest BCUT2D eigenvalue weighted by atomic mass is 10.00. The minimum atomic E-state index is -1.26. The quantitative estimate of drug-likeness (QED) is 0.323. The number of nitrogens with one attached hydrogen (secondary N) is 2. The van der Waals surface area contributed by atoms with E-state index >= 15 is 0 Å². The zero-order chi connectivity index (χ0) is 17.1. The molecule has 0 aromatic carbocycles. The van der Waals surface area contributed by atoms with Crippen molar-refractivity contribution in [2.75, 3.05) is 13.1 Å². The Kier molecular flexibility index (Phi) is 5.02. The van der Waals surface area contributed by atoms with Crippen LogP contribution in [-0.2, 0) is 14.4 Å². The first kappa shape index (κ1) is 17.0. The molecule has 126 valence electrons. The van der Waals surface area contributed by atoms with Crippen LogP contribution in [0.25, 0.3) is 0 Å². The van der Waals surface area contributed by atoms with E-state index in [0.717, 1.165) is 0 Å². The van der Waals surface area contributed by atoms with Crippen molar-refractivity contribution < 1.29 is 39.7 Å². The highest BCUT2D eigenvalue weighted by Gasteiger charge is 2.39. The van der Waals surface area contributed by atoms with Crippen LogP contribution in [0.3, 0.4) is 0 Å². The SMILES string of the molecule is O=C(O)C1=C/C(=C/C[NH+]2C[C@H](O)C[C@H]2C(=O)O)C[C@@H](C(=O)O)N1. The van der Waals surface area contributed by atoms with Crippen molar-refractivity contribution in [2.45, 2.75) is 31.0 Å². The number of aliphatic hydroxyl groups excluding tert-OH is 1. The smallest absolute Gasteiger partial charge is 0.362 e. The van der Waals surface area contributed by atoms with E-state index in [-0.39, 0.29) is 31.6 Å². The molecule has 2 rings (SSSR count). The Hall–Kier alpha value is -2.39. The maximum absolute atomic E-state index is 11.2. The lowest BCUT2D eigenvalue weighted by molar-refractivity contribution is -0.899. The van der Waals surface area contributed by atoms with Crippen molar-refractivity contribution in [3.8, 4) is 0 Å². The number of likely N-dealkylation sites (tertiary alicyclic amines) is 1. The second-order valence-corrected chi connectivity index (χ2v) is 5.73. The summed E-state index contributed by atoms with van der Waals surface area (Å²) >= 11 is 0. The van der Waals surface area contributed by atoms with Gasteiger partial charge in [0.25, 0.3) is 0 Å². The highest BCUT2D eigenvalue weighted by atomic mass is 16.4. The summed E-state index contributed by atoms with van der Waals surface area (Å²) in [7, 11) is 0. The molecule has 0 aliphatic carbocycles. The van der Waals surface area contributed by atoms with E-state index in [1.807, 2.05) is 0 Å². The Bertz CT molecular complexity index is 584. The molecule has 1 saturated heterocycles. The van der Waals surface area contributed by atoms with E-state index < -0.39 is 36.1 Å². The van der Waals surface area contributed by atoms with Gasteiger partial charge in [-0.1, -0.05) is 0 Å². The number of hydrogen-bond donors (Lipinski definition) is 6. The number of aliphatic carboxylic acids is 3. The fourth-order valence-electron chi connectivity index (χ4n) is 2.91. The van der Waals surface area contributed by atoms with Gasteiger partial charge in [0.2, 0.25) is 0 Å². The molecule has 9 heteroatoms. The number of carboxylic acids is 3. The zero-order valence-electron chi connectivity index (χ0n) is 12.2. The summed E-state index contributed by atoms with van der Waals surface area (Å²) in [4.78, 5) is 34.0. The lowest BCUT2D eigenvalue weighted by Crippen LogP contribution is -3.14. The number of carbonyl (C=O) groups is 3. The predicted octanol–water partition coefficient (Wildman–Crippen LogP) is -2.57. The molecule has 1 unspecified atom stereocenters. The van der Waals surface area contributed by atoms with E-state index in [0.29, 0.717) is 10.5 Å². The topological polar surface area (TPSA) is 149 Å². The van der Waals surface area contributed by atoms with E-state index in [2.05, 4.69) is 5.32 Å². The molecule has 0 aromatic heterocycles. The van der Waals surface area contributed by atoms with Gasteiger partial charge < -0.3 is 30.6 Å². The molecule has 0 radical (unpaired) electrons. The zero-order valence-corrected chi connectivity index (χ0v) is 12.2. The summed E-state index contributed by atoms with van der Waals surface area (Å²) in [5.74, 6) is -3.41. The van der Waals surface area contributed by atoms with Gasteiger partial charge in [-0.25, -0.2) is 14.4 Å². The van der Waals surface area contributed by atoms with Crippen molar-refractivity contribution in [1.29, 1.82) is 0 Å². The van der Waals surface area contributed by atoms with Gasteiger partial charge in [0.05, 0.1) is 6.54 Å². The second kappa shape index (κ2) is 6.80. The molecule has 0 aromatic rings. The highest BCUT2D eigenvalue weighted by molar-refractivity contribution is 5.89. The van der Waals surface area contributed by atoms with Crippen LogP contribution in [0.15, 0.2) is 23.4 Å². The average Bonchev–Trinajstić information content (AvgIpc) is 2.86. The van der Waals surface area contributed by atoms with E-state index in [1.54, 1.807) is 6.08 Å². The molecule has 0 bridgehead atoms. The molecule has 4 atom stereocenters. The van der Waals surface area contributed by atoms with Gasteiger partial charge in [-0.15, -0.1) is 0 Å². The molecule has 23 heavy (non-hydrogen) atoms. The van der Waals surface area contributed by atoms with Crippen LogP contribution in [0.4, 0.5) is 0 Å². The highest BCUT2D eigenvalue weighted by Crippen LogP contribution is 2.16. The van der Waals surface area contributed by atoms with Crippen LogP contribution in [0.2, 0.25) is 0 Å². The molecule has 0 spiro atoms. The molecular formula is C14H19N2O7+. The third kappa shape index (κ3) is 4.08. The molecule has 9 nitrogen and oxygen atoms in total. The molecule has 0 amide bonds. The molecule has 0 saturated carbocycles. The Balaban J connectivity index is 2.14. The molecular weight excluding hydrogens is 308 g/mol. The Morgan fingerprint density at radius 3 is 2.52 bits per heavy atom. The minimum Gasteiger partial charge on any atom is -0.480 e. The molecule has 2 heterocycles. The first-order chi connectivity index (χ1) is 10.8. The van der Waals surface area contributed by atoms with Gasteiger partial charge in [0, 0.05) is 12.8 Å². The van der Waals surface area contributed by atoms with E-state index in [4.69, 9.17) is 15.3 Å². The monoisotopic (exact) mass is 327 g/mol. The normalized spacial score (nSPS) is 32.2. The average molecular weight is 327 g/mol. The number of quaternary nitrogens is 1. The van der Waals surface area contributed by atoms with E-state index in [1.165, 1.54) is 6.08 Å². The van der Waals surface area contributed by atoms with Crippen molar-refractivity contribution in [3.05, 3.63) is 23.4 Å². The van der Waals surface area contributed by atoms with Crippen molar-refractivity contribution in [3.63, 3.8) is 0 Å². The number of allylic oxidation sites excluding steroid dienone is 1. The lowest BCUT2D eigenvalue weighted by Gasteiger charge is -2.23. The fraction of sp³-hybridized carbons (Fsp3) is 0.500. The van der Waals surface area contributed by atoms with Gasteiger partial charge in [-0.3, -0.25) is 0 Å². The van der Waals surface area contributed by atoms with Crippen LogP contribution < -0.4 is 10.2 Å². The van der Waals surface area contributed by atoms with Crippen LogP contribution in [0.1, 0.15) is 12.8 Å². The standard InChI is InChI=1S/C14H18N2O7/c17-8-5-11(14(22)23)16(6-8)2-1-7-3-9(12(18)19)15-10(4-7)13(20)21/h1,3,8,10-11,15,17H,2,4-6H2,(H,18,19)(H,20,21)(H,22,23)/p+1/b7-1-/t8-,10+,11+/m1/s1. The van der Waals surface area contributed by atoms with Crippen LogP contribution in [-0.4, -0.2) is 69.6 Å². The van der Waals surface area contributed by atoms with E-state index in [9.17, 15) is 19.5 Å². The fourth-order valence-corrected chi connectivity index (χ4v) is 2.91. The van der Waals surface area contributed by atoms with Gasteiger partial charge in [-0.05, 0) is 17.7 Å². The Morgan fingerprint density at radius 1 is 1.26 bits per heavy atom. The summed E-state index contributed by atoms with van der Waals surface area (Å²) in [6, 6.07) is -1.76. The van der Waals surface area contributed by atoms with Gasteiger partial charge in [-0.2, -0.15) is 0 Å². The Morgan fingerprint density at radius 2 is 1.96 bits per heavy atom. The summed E-state index contributed by atoms with van der Waals surface area (Å²) in [5, 5.41) is 39.2. The number of hydrogen-bond acceptors (Lipinski definition) is 5. The summed E-state index contributed by atoms with van der Waals surface area (Å²) in [6.07, 6.45) is 2.59. The second-order valence-electron chi connectivity index (χ2n) is 5.73. The maximum atomic E-state index is 11.2. The predicted molar refractivity (Wildman–Crippen MR) is 75.7 cm³/mol. The van der Waals surface area contributed by atoms with Crippen LogP contribution in [0, 0.1) is 0 Å². The summed E-state index contributed by atoms with van der Waals surface area (Å²) < 4.78 is 0. The summed E-state index contributed by atoms with van der Waals surface area (Å²) in [6.45, 7) is 0.565. The Labute approximate surface area is 131 Å². The maximum Gasteiger partial charge on any atom is 0.362 e. The third-order valence-electron chi connectivity index (χ3n) is 4.05. The number of rotatable bonds is 5. The van der Waals surface area contributed by atoms with Crippen molar-refractivity contribution in [1.82, 2.24) is 5.32 Å². The summed E-state index contributed by atoms with van der Waals surface area (Å²) in [5.41, 5.74) is 0.313. The van der Waals surface area contributed by atoms with Crippen molar-refractivity contribution in [2.24, 2.45) is 0 Å². The van der Waals surface area contributed by atoms with Gasteiger partial charge in [0.15, 0.2) is 6.04 Å². The number of carboxylic acid groups (broad SMARTS) is 3. The molecule has 1 fully saturated rings. The minimum absolute atomic E-state index is 0.111. The molecule has 2 aliphatic rings. The first-order valence-electron chi connectivity index (χ1n) is 7.16. The first-order valence-corrected chi connectivity index (χ1v) is 7.16. The van der Waals surface area contributed by atoms with Crippen LogP contribution in [0.5, 0.6) is 0 Å². The third-order valence-corrected chi connectivity index (χ3v) is 4.05. The molecule has 6 N–H and O–H groups in total. The van der Waals surface area contributed by atoms with Gasteiger partial charge >= 0.3 is 17.9 Å². The number of aliphatic hydroxyl groups is 1. The largest absolute Gasteiger partial charge is 0.480 e. The van der Waals surface area contributed by atoms with Gasteiger partial charge in [0.1, 0.15) is 24.4 Å². The van der Waals surface area contributed by atoms with Crippen molar-refractivity contribution >= 4 is 17.9 Å². The van der Waals surface area contributed by atoms with Crippen LogP contribution >= 0.6 is 0 Å².